The molecule has 124 valence electrons. The van der Waals surface area contributed by atoms with Crippen LogP contribution in [-0.2, 0) is 21.2 Å². The number of benzene rings is 1. The molecule has 0 bridgehead atoms. The topological polar surface area (TPSA) is 101 Å². The van der Waals surface area contributed by atoms with E-state index in [-0.39, 0.29) is 21.3 Å². The van der Waals surface area contributed by atoms with Gasteiger partial charge in [0.2, 0.25) is 11.0 Å². The summed E-state index contributed by atoms with van der Waals surface area (Å²) in [4.78, 5) is 11.6. The third-order valence-corrected chi connectivity index (χ3v) is 5.59. The van der Waals surface area contributed by atoms with E-state index in [1.165, 1.54) is 0 Å². The number of aryl methyl sites for hydroxylation is 1. The van der Waals surface area contributed by atoms with Gasteiger partial charge in [0.25, 0.3) is 14.4 Å². The molecule has 2 rings (SSSR count). The molecule has 2 N–H and O–H groups in total. The number of rotatable bonds is 6. The van der Waals surface area contributed by atoms with Gasteiger partial charge >= 0.3 is 0 Å². The molecule has 9 heteroatoms. The predicted octanol–water partition coefficient (Wildman–Crippen LogP) is 2.50. The second-order valence-corrected chi connectivity index (χ2v) is 8.01. The van der Waals surface area contributed by atoms with Gasteiger partial charge in [-0.05, 0) is 24.1 Å². The molecule has 1 aromatic heterocycles. The van der Waals surface area contributed by atoms with Gasteiger partial charge in [0.05, 0.1) is 0 Å². The van der Waals surface area contributed by atoms with E-state index in [4.69, 9.17) is 0 Å². The molecule has 0 aliphatic rings. The first-order valence-electron chi connectivity index (χ1n) is 7.08. The van der Waals surface area contributed by atoms with Crippen molar-refractivity contribution in [2.45, 2.75) is 31.5 Å². The molecular formula is C14H18N4O3S2. The van der Waals surface area contributed by atoms with Crippen molar-refractivity contribution in [3.63, 3.8) is 0 Å². The van der Waals surface area contributed by atoms with E-state index < -0.39 is 10.0 Å². The zero-order valence-corrected chi connectivity index (χ0v) is 14.7. The Balaban J connectivity index is 2.13. The first-order chi connectivity index (χ1) is 10.8. The summed E-state index contributed by atoms with van der Waals surface area (Å²) in [6.45, 7) is 5.48. The van der Waals surface area contributed by atoms with Crippen LogP contribution < -0.4 is 10.0 Å². The Morgan fingerprint density at radius 2 is 1.87 bits per heavy atom. The molecule has 0 radical (unpaired) electrons. The van der Waals surface area contributed by atoms with Gasteiger partial charge in [-0.1, -0.05) is 44.2 Å². The van der Waals surface area contributed by atoms with Crippen molar-refractivity contribution in [2.75, 3.05) is 10.0 Å². The molecule has 0 saturated heterocycles. The number of hydrogen-bond acceptors (Lipinski definition) is 6. The van der Waals surface area contributed by atoms with Crippen LogP contribution >= 0.6 is 11.3 Å². The van der Waals surface area contributed by atoms with Crippen molar-refractivity contribution in [1.82, 2.24) is 10.2 Å². The van der Waals surface area contributed by atoms with Gasteiger partial charge < -0.3 is 5.32 Å². The molecule has 0 fully saturated rings. The van der Waals surface area contributed by atoms with Crippen LogP contribution in [0.1, 0.15) is 26.3 Å². The van der Waals surface area contributed by atoms with Gasteiger partial charge in [0, 0.05) is 11.6 Å². The maximum atomic E-state index is 12.3. The first kappa shape index (κ1) is 17.4. The highest BCUT2D eigenvalue weighted by Gasteiger charge is 2.21. The smallest absolute Gasteiger partial charge is 0.291 e. The van der Waals surface area contributed by atoms with Crippen LogP contribution in [0.25, 0.3) is 0 Å². The molecule has 0 atom stereocenters. The average Bonchev–Trinajstić information content (AvgIpc) is 2.97. The highest BCUT2D eigenvalue weighted by molar-refractivity contribution is 7.94. The minimum Gasteiger partial charge on any atom is -0.300 e. The highest BCUT2D eigenvalue weighted by atomic mass is 32.2. The summed E-state index contributed by atoms with van der Waals surface area (Å²) in [5.41, 5.74) is 1.56. The number of anilines is 2. The standard InChI is InChI=1S/C14H18N4O3S2/c1-4-10-5-7-11(8-6-10)18-23(20,21)14-17-16-13(22-14)15-12(19)9(2)3/h5-9,18H,4H2,1-3H3,(H,15,16,19). The van der Waals surface area contributed by atoms with Crippen LogP contribution in [0.3, 0.4) is 0 Å². The molecule has 0 aliphatic carbocycles. The summed E-state index contributed by atoms with van der Waals surface area (Å²) in [6, 6.07) is 7.09. The molecule has 7 nitrogen and oxygen atoms in total. The van der Waals surface area contributed by atoms with E-state index >= 15 is 0 Å². The second-order valence-electron chi connectivity index (χ2n) is 5.17. The number of amides is 1. The third-order valence-electron chi connectivity index (χ3n) is 3.01. The molecule has 1 amide bonds. The quantitative estimate of drug-likeness (QED) is 0.776. The zero-order chi connectivity index (χ0) is 17.0. The first-order valence-corrected chi connectivity index (χ1v) is 9.38. The van der Waals surface area contributed by atoms with E-state index in [0.29, 0.717) is 5.69 Å². The lowest BCUT2D eigenvalue weighted by Crippen LogP contribution is -2.17. The van der Waals surface area contributed by atoms with Crippen LogP contribution in [0.15, 0.2) is 28.6 Å². The average molecular weight is 354 g/mol. The Morgan fingerprint density at radius 1 is 1.22 bits per heavy atom. The van der Waals surface area contributed by atoms with Crippen LogP contribution in [0.4, 0.5) is 10.8 Å². The van der Waals surface area contributed by atoms with E-state index in [1.807, 2.05) is 19.1 Å². The summed E-state index contributed by atoms with van der Waals surface area (Å²) in [6.07, 6.45) is 0.877. The fraction of sp³-hybridized carbons (Fsp3) is 0.357. The van der Waals surface area contributed by atoms with Gasteiger partial charge in [0.1, 0.15) is 0 Å². The van der Waals surface area contributed by atoms with Crippen molar-refractivity contribution >= 4 is 38.1 Å². The molecule has 1 aromatic carbocycles. The zero-order valence-electron chi connectivity index (χ0n) is 13.0. The SMILES string of the molecule is CCc1ccc(NS(=O)(=O)c2nnc(NC(=O)C(C)C)s2)cc1. The predicted molar refractivity (Wildman–Crippen MR) is 90.0 cm³/mol. The molecule has 0 saturated carbocycles. The number of nitrogens with zero attached hydrogens (tertiary/aromatic N) is 2. The number of hydrogen-bond donors (Lipinski definition) is 2. The summed E-state index contributed by atoms with van der Waals surface area (Å²) in [5.74, 6) is -0.470. The minimum atomic E-state index is -3.82. The molecular weight excluding hydrogens is 336 g/mol. The fourth-order valence-corrected chi connectivity index (χ4v) is 3.59. The fourth-order valence-electron chi connectivity index (χ4n) is 1.63. The number of aromatic nitrogens is 2. The minimum absolute atomic E-state index is 0.158. The third kappa shape index (κ3) is 4.49. The Labute approximate surface area is 139 Å². The van der Waals surface area contributed by atoms with Gasteiger partial charge in [-0.2, -0.15) is 8.42 Å². The lowest BCUT2D eigenvalue weighted by Gasteiger charge is -2.05. The second kappa shape index (κ2) is 7.05. The maximum Gasteiger partial charge on any atom is 0.291 e. The monoisotopic (exact) mass is 354 g/mol. The van der Waals surface area contributed by atoms with Gasteiger partial charge in [-0.3, -0.25) is 9.52 Å². The number of carbonyl (C=O) groups excluding carboxylic acids is 1. The summed E-state index contributed by atoms with van der Waals surface area (Å²) < 4.78 is 26.8. The van der Waals surface area contributed by atoms with Crippen molar-refractivity contribution in [1.29, 1.82) is 0 Å². The number of nitrogens with one attached hydrogen (secondary N) is 2. The van der Waals surface area contributed by atoms with E-state index in [2.05, 4.69) is 20.2 Å². The van der Waals surface area contributed by atoms with Crippen molar-refractivity contribution < 1.29 is 13.2 Å². The van der Waals surface area contributed by atoms with E-state index in [9.17, 15) is 13.2 Å². The molecule has 2 aromatic rings. The van der Waals surface area contributed by atoms with Crippen LogP contribution in [0.5, 0.6) is 0 Å². The van der Waals surface area contributed by atoms with Crippen LogP contribution in [-0.4, -0.2) is 24.5 Å². The Bertz CT molecular complexity index is 783. The Kier molecular flexibility index (Phi) is 5.32. The lowest BCUT2D eigenvalue weighted by molar-refractivity contribution is -0.118. The summed E-state index contributed by atoms with van der Waals surface area (Å²) in [5, 5.41) is 10.0. The van der Waals surface area contributed by atoms with Crippen molar-refractivity contribution in [3.8, 4) is 0 Å². The lowest BCUT2D eigenvalue weighted by atomic mass is 10.2. The molecule has 0 aliphatic heterocycles. The van der Waals surface area contributed by atoms with Gasteiger partial charge in [0.15, 0.2) is 0 Å². The summed E-state index contributed by atoms with van der Waals surface area (Å²) in [7, 11) is -3.82. The Hall–Kier alpha value is -2.00. The van der Waals surface area contributed by atoms with Crippen molar-refractivity contribution in [2.24, 2.45) is 5.92 Å². The highest BCUT2D eigenvalue weighted by Crippen LogP contribution is 2.23. The van der Waals surface area contributed by atoms with Gasteiger partial charge in [-0.15, -0.1) is 10.2 Å². The maximum absolute atomic E-state index is 12.3. The van der Waals surface area contributed by atoms with Crippen LogP contribution in [0, 0.1) is 5.92 Å². The van der Waals surface area contributed by atoms with E-state index in [0.717, 1.165) is 23.3 Å². The molecule has 1 heterocycles. The molecule has 23 heavy (non-hydrogen) atoms. The van der Waals surface area contributed by atoms with E-state index in [1.54, 1.807) is 26.0 Å². The largest absolute Gasteiger partial charge is 0.300 e. The van der Waals surface area contributed by atoms with Crippen molar-refractivity contribution in [3.05, 3.63) is 29.8 Å². The summed E-state index contributed by atoms with van der Waals surface area (Å²) >= 11 is 0.808. The molecule has 0 spiro atoms. The van der Waals surface area contributed by atoms with Crippen LogP contribution in [0.2, 0.25) is 0 Å². The normalized spacial score (nSPS) is 11.5. The Morgan fingerprint density at radius 3 is 2.43 bits per heavy atom. The van der Waals surface area contributed by atoms with Gasteiger partial charge in [-0.25, -0.2) is 0 Å². The molecule has 0 unspecified atom stereocenters. The number of sulfonamides is 1. The number of carbonyl (C=O) groups is 1.